The van der Waals surface area contributed by atoms with Gasteiger partial charge in [-0.2, -0.15) is 17.4 Å². The second-order valence-corrected chi connectivity index (χ2v) is 7.72. The van der Waals surface area contributed by atoms with Gasteiger partial charge in [-0.15, -0.1) is 0 Å². The van der Waals surface area contributed by atoms with Crippen molar-refractivity contribution in [3.63, 3.8) is 0 Å². The molecule has 1 saturated heterocycles. The Morgan fingerprint density at radius 2 is 1.90 bits per heavy atom. The van der Waals surface area contributed by atoms with Crippen molar-refractivity contribution in [3.8, 4) is 0 Å². The molecule has 0 bridgehead atoms. The molecule has 0 radical (unpaired) electrons. The second kappa shape index (κ2) is 7.73. The highest BCUT2D eigenvalue weighted by atomic mass is 32.2. The van der Waals surface area contributed by atoms with Gasteiger partial charge in [0.05, 0.1) is 0 Å². The second-order valence-electron chi connectivity index (χ2n) is 6.05. The average Bonchev–Trinajstić information content (AvgIpc) is 2.45. The van der Waals surface area contributed by atoms with Gasteiger partial charge in [0, 0.05) is 18.6 Å². The highest BCUT2D eigenvalue weighted by Crippen LogP contribution is 2.21. The fraction of sp³-hybridized carbons (Fsp3) is 1.00. The van der Waals surface area contributed by atoms with Crippen molar-refractivity contribution >= 4 is 10.2 Å². The third-order valence-electron chi connectivity index (χ3n) is 4.44. The van der Waals surface area contributed by atoms with Gasteiger partial charge in [0.2, 0.25) is 0 Å². The molecule has 1 heterocycles. The lowest BCUT2D eigenvalue weighted by Crippen LogP contribution is -2.54. The van der Waals surface area contributed by atoms with E-state index in [0.717, 1.165) is 38.8 Å². The van der Waals surface area contributed by atoms with Gasteiger partial charge in [0.25, 0.3) is 10.2 Å². The molecule has 0 aromatic rings. The van der Waals surface area contributed by atoms with Crippen molar-refractivity contribution in [1.82, 2.24) is 14.3 Å². The minimum Gasteiger partial charge on any atom is -0.317 e. The van der Waals surface area contributed by atoms with E-state index in [9.17, 15) is 8.42 Å². The molecule has 20 heavy (non-hydrogen) atoms. The SMILES string of the molecule is CCNCC1CCCN(S(=O)(=O)NC(C)(CC)CC)C1. The van der Waals surface area contributed by atoms with Crippen LogP contribution in [0.25, 0.3) is 0 Å². The number of nitrogens with one attached hydrogen (secondary N) is 2. The molecule has 0 amide bonds. The largest absolute Gasteiger partial charge is 0.317 e. The van der Waals surface area contributed by atoms with E-state index in [-0.39, 0.29) is 5.54 Å². The first-order valence-corrected chi connectivity index (χ1v) is 9.30. The van der Waals surface area contributed by atoms with E-state index in [0.29, 0.717) is 19.0 Å². The highest BCUT2D eigenvalue weighted by Gasteiger charge is 2.33. The van der Waals surface area contributed by atoms with Crippen LogP contribution in [0.1, 0.15) is 53.4 Å². The molecular weight excluding hydrogens is 274 g/mol. The van der Waals surface area contributed by atoms with Crippen LogP contribution in [0.4, 0.5) is 0 Å². The molecule has 1 fully saturated rings. The maximum Gasteiger partial charge on any atom is 0.279 e. The lowest BCUT2D eigenvalue weighted by atomic mass is 9.98. The van der Waals surface area contributed by atoms with Gasteiger partial charge in [0.1, 0.15) is 0 Å². The van der Waals surface area contributed by atoms with E-state index in [1.807, 2.05) is 20.8 Å². The number of piperidine rings is 1. The van der Waals surface area contributed by atoms with Crippen molar-refractivity contribution in [2.24, 2.45) is 5.92 Å². The molecule has 1 aliphatic rings. The standard InChI is InChI=1S/C14H31N3O2S/c1-5-14(4,6-2)16-20(18,19)17-10-8-9-13(12-17)11-15-7-3/h13,15-16H,5-12H2,1-4H3. The number of nitrogens with zero attached hydrogens (tertiary/aromatic N) is 1. The van der Waals surface area contributed by atoms with E-state index < -0.39 is 10.2 Å². The van der Waals surface area contributed by atoms with E-state index in [1.165, 1.54) is 0 Å². The van der Waals surface area contributed by atoms with Gasteiger partial charge in [-0.25, -0.2) is 0 Å². The molecule has 1 unspecified atom stereocenters. The Bertz CT molecular complexity index is 380. The zero-order chi connectivity index (χ0) is 15.2. The quantitative estimate of drug-likeness (QED) is 0.718. The Labute approximate surface area is 124 Å². The van der Waals surface area contributed by atoms with Crippen molar-refractivity contribution in [2.45, 2.75) is 58.9 Å². The van der Waals surface area contributed by atoms with Crippen molar-refractivity contribution < 1.29 is 8.42 Å². The summed E-state index contributed by atoms with van der Waals surface area (Å²) in [4.78, 5) is 0. The first kappa shape index (κ1) is 17.9. The van der Waals surface area contributed by atoms with Gasteiger partial charge in [-0.05, 0) is 51.6 Å². The van der Waals surface area contributed by atoms with Crippen LogP contribution in [0.15, 0.2) is 0 Å². The summed E-state index contributed by atoms with van der Waals surface area (Å²) in [6.07, 6.45) is 3.67. The predicted molar refractivity (Wildman–Crippen MR) is 83.9 cm³/mol. The molecule has 120 valence electrons. The zero-order valence-electron chi connectivity index (χ0n) is 13.4. The molecule has 5 nitrogen and oxygen atoms in total. The molecule has 1 atom stereocenters. The average molecular weight is 305 g/mol. The minimum atomic E-state index is -3.37. The summed E-state index contributed by atoms with van der Waals surface area (Å²) in [5.41, 5.74) is -0.340. The first-order valence-electron chi connectivity index (χ1n) is 7.86. The van der Waals surface area contributed by atoms with Crippen LogP contribution in [0, 0.1) is 5.92 Å². The first-order chi connectivity index (χ1) is 9.37. The third kappa shape index (κ3) is 4.98. The molecule has 0 aromatic carbocycles. The van der Waals surface area contributed by atoms with E-state index in [1.54, 1.807) is 4.31 Å². The van der Waals surface area contributed by atoms with E-state index in [2.05, 4.69) is 17.0 Å². The predicted octanol–water partition coefficient (Wildman–Crippen LogP) is 1.72. The van der Waals surface area contributed by atoms with Crippen LogP contribution in [0.2, 0.25) is 0 Å². The molecule has 6 heteroatoms. The Morgan fingerprint density at radius 1 is 1.25 bits per heavy atom. The summed E-state index contributed by atoms with van der Waals surface area (Å²) in [7, 11) is -3.37. The summed E-state index contributed by atoms with van der Waals surface area (Å²) in [5, 5.41) is 3.32. The maximum atomic E-state index is 12.5. The maximum absolute atomic E-state index is 12.5. The fourth-order valence-corrected chi connectivity index (χ4v) is 4.35. The topological polar surface area (TPSA) is 61.4 Å². The summed E-state index contributed by atoms with van der Waals surface area (Å²) >= 11 is 0. The lowest BCUT2D eigenvalue weighted by molar-refractivity contribution is 0.252. The van der Waals surface area contributed by atoms with Crippen molar-refractivity contribution in [1.29, 1.82) is 0 Å². The molecule has 1 rings (SSSR count). The van der Waals surface area contributed by atoms with Gasteiger partial charge in [-0.1, -0.05) is 20.8 Å². The fourth-order valence-electron chi connectivity index (χ4n) is 2.53. The Kier molecular flexibility index (Phi) is 6.91. The van der Waals surface area contributed by atoms with Crippen LogP contribution in [-0.4, -0.2) is 44.4 Å². The van der Waals surface area contributed by atoms with Crippen LogP contribution in [-0.2, 0) is 10.2 Å². The Morgan fingerprint density at radius 3 is 2.45 bits per heavy atom. The summed E-state index contributed by atoms with van der Waals surface area (Å²) in [5.74, 6) is 0.426. The van der Waals surface area contributed by atoms with Gasteiger partial charge in [0.15, 0.2) is 0 Å². The molecule has 0 saturated carbocycles. The summed E-state index contributed by atoms with van der Waals surface area (Å²) in [6, 6.07) is 0. The van der Waals surface area contributed by atoms with Crippen LogP contribution in [0.3, 0.4) is 0 Å². The monoisotopic (exact) mass is 305 g/mol. The van der Waals surface area contributed by atoms with Gasteiger partial charge >= 0.3 is 0 Å². The minimum absolute atomic E-state index is 0.340. The molecule has 2 N–H and O–H groups in total. The zero-order valence-corrected chi connectivity index (χ0v) is 14.2. The number of rotatable bonds is 8. The summed E-state index contributed by atoms with van der Waals surface area (Å²) in [6.45, 7) is 11.2. The van der Waals surface area contributed by atoms with Crippen molar-refractivity contribution in [2.75, 3.05) is 26.2 Å². The summed E-state index contributed by atoms with van der Waals surface area (Å²) < 4.78 is 29.6. The van der Waals surface area contributed by atoms with Crippen LogP contribution in [0.5, 0.6) is 0 Å². The smallest absolute Gasteiger partial charge is 0.279 e. The molecule has 0 aromatic heterocycles. The molecule has 1 aliphatic heterocycles. The van der Waals surface area contributed by atoms with Crippen molar-refractivity contribution in [3.05, 3.63) is 0 Å². The van der Waals surface area contributed by atoms with E-state index >= 15 is 0 Å². The highest BCUT2D eigenvalue weighted by molar-refractivity contribution is 7.87. The van der Waals surface area contributed by atoms with Gasteiger partial charge in [-0.3, -0.25) is 0 Å². The molecular formula is C14H31N3O2S. The molecule has 0 spiro atoms. The van der Waals surface area contributed by atoms with E-state index in [4.69, 9.17) is 0 Å². The number of hydrogen-bond donors (Lipinski definition) is 2. The molecule has 0 aliphatic carbocycles. The lowest BCUT2D eigenvalue weighted by Gasteiger charge is -2.36. The Hall–Kier alpha value is -0.170. The van der Waals surface area contributed by atoms with Gasteiger partial charge < -0.3 is 5.32 Å². The van der Waals surface area contributed by atoms with Crippen LogP contribution < -0.4 is 10.0 Å². The number of hydrogen-bond acceptors (Lipinski definition) is 3. The normalized spacial score (nSPS) is 22.1. The van der Waals surface area contributed by atoms with Crippen LogP contribution >= 0.6 is 0 Å². The Balaban J connectivity index is 2.67. The third-order valence-corrected chi connectivity index (χ3v) is 6.20.